The third-order valence-corrected chi connectivity index (χ3v) is 5.38. The normalized spacial score (nSPS) is 10.7. The van der Waals surface area contributed by atoms with Crippen molar-refractivity contribution in [2.75, 3.05) is 23.8 Å². The van der Waals surface area contributed by atoms with Gasteiger partial charge in [0.05, 0.1) is 12.0 Å². The van der Waals surface area contributed by atoms with Gasteiger partial charge in [-0.25, -0.2) is 9.97 Å². The van der Waals surface area contributed by atoms with E-state index in [1.165, 1.54) is 6.92 Å². The lowest BCUT2D eigenvalue weighted by Gasteiger charge is -2.10. The van der Waals surface area contributed by atoms with Crippen LogP contribution < -0.4 is 15.4 Å². The molecule has 0 unspecified atom stereocenters. The van der Waals surface area contributed by atoms with Crippen molar-refractivity contribution in [1.82, 2.24) is 9.97 Å². The van der Waals surface area contributed by atoms with Crippen molar-refractivity contribution in [1.29, 1.82) is 0 Å². The van der Waals surface area contributed by atoms with Gasteiger partial charge in [0.25, 0.3) is 0 Å². The molecule has 2 N–H and O–H groups in total. The number of carbonyl (C=O) groups excluding carboxylic acids is 1. The molecule has 0 aliphatic rings. The van der Waals surface area contributed by atoms with Crippen molar-refractivity contribution >= 4 is 39.0 Å². The fourth-order valence-corrected chi connectivity index (χ4v) is 4.09. The molecule has 30 heavy (non-hydrogen) atoms. The molecule has 0 bridgehead atoms. The molecule has 0 aliphatic carbocycles. The second-order valence-corrected chi connectivity index (χ2v) is 7.61. The Labute approximate surface area is 179 Å². The summed E-state index contributed by atoms with van der Waals surface area (Å²) in [5.41, 5.74) is 3.03. The van der Waals surface area contributed by atoms with E-state index in [2.05, 4.69) is 38.1 Å². The first-order valence-electron chi connectivity index (χ1n) is 9.72. The molecule has 0 fully saturated rings. The van der Waals surface area contributed by atoms with Gasteiger partial charge in [-0.05, 0) is 24.1 Å². The maximum atomic E-state index is 11.2. The van der Waals surface area contributed by atoms with Crippen molar-refractivity contribution in [2.45, 2.75) is 13.3 Å². The van der Waals surface area contributed by atoms with Crippen molar-refractivity contribution in [3.8, 4) is 16.9 Å². The lowest BCUT2D eigenvalue weighted by Crippen LogP contribution is -2.09. The number of benzene rings is 2. The van der Waals surface area contributed by atoms with E-state index >= 15 is 0 Å². The molecule has 4 aromatic rings. The minimum Gasteiger partial charge on any atom is -0.493 e. The van der Waals surface area contributed by atoms with Crippen LogP contribution in [0.3, 0.4) is 0 Å². The Balaban J connectivity index is 1.37. The Hall–Kier alpha value is -3.45. The molecule has 1 amide bonds. The standard InChI is InChI=1S/C23H22N4O2S/c1-16(28)27-18-9-5-10-19(13-18)29-12-6-11-24-22-21-20(17-7-3-2-4-8-17)14-30-23(21)26-15-25-22/h2-5,7-10,13-15H,6,11-12H2,1H3,(H,27,28)(H,24,25,26). The van der Waals surface area contributed by atoms with Crippen LogP contribution in [0, 0.1) is 0 Å². The second-order valence-electron chi connectivity index (χ2n) is 6.76. The smallest absolute Gasteiger partial charge is 0.221 e. The number of amides is 1. The third kappa shape index (κ3) is 4.75. The van der Waals surface area contributed by atoms with E-state index in [1.54, 1.807) is 17.7 Å². The van der Waals surface area contributed by atoms with E-state index in [0.29, 0.717) is 6.61 Å². The topological polar surface area (TPSA) is 76.1 Å². The molecule has 7 heteroatoms. The molecular formula is C23H22N4O2S. The molecule has 0 spiro atoms. The van der Waals surface area contributed by atoms with Crippen LogP contribution in [0.4, 0.5) is 11.5 Å². The number of nitrogens with one attached hydrogen (secondary N) is 2. The predicted molar refractivity (Wildman–Crippen MR) is 122 cm³/mol. The molecular weight excluding hydrogens is 396 g/mol. The van der Waals surface area contributed by atoms with E-state index in [-0.39, 0.29) is 5.91 Å². The molecule has 0 saturated heterocycles. The molecule has 0 saturated carbocycles. The number of aromatic nitrogens is 2. The van der Waals surface area contributed by atoms with Crippen molar-refractivity contribution in [3.63, 3.8) is 0 Å². The van der Waals surface area contributed by atoms with Crippen LogP contribution in [-0.4, -0.2) is 29.0 Å². The minimum atomic E-state index is -0.101. The summed E-state index contributed by atoms with van der Waals surface area (Å²) in [5.74, 6) is 1.47. The Morgan fingerprint density at radius 2 is 1.97 bits per heavy atom. The van der Waals surface area contributed by atoms with E-state index in [4.69, 9.17) is 4.74 Å². The first-order valence-corrected chi connectivity index (χ1v) is 10.6. The Kier molecular flexibility index (Phi) is 6.20. The van der Waals surface area contributed by atoms with Gasteiger partial charge in [0, 0.05) is 36.2 Å². The predicted octanol–water partition coefficient (Wildman–Crippen LogP) is 5.20. The maximum absolute atomic E-state index is 11.2. The Morgan fingerprint density at radius 3 is 2.80 bits per heavy atom. The maximum Gasteiger partial charge on any atom is 0.221 e. The van der Waals surface area contributed by atoms with Crippen LogP contribution in [0.2, 0.25) is 0 Å². The monoisotopic (exact) mass is 418 g/mol. The molecule has 0 aliphatic heterocycles. The van der Waals surface area contributed by atoms with Crippen molar-refractivity contribution < 1.29 is 9.53 Å². The molecule has 6 nitrogen and oxygen atoms in total. The number of ether oxygens (including phenoxy) is 1. The summed E-state index contributed by atoms with van der Waals surface area (Å²) in [5, 5.41) is 9.37. The van der Waals surface area contributed by atoms with Gasteiger partial charge in [0.2, 0.25) is 5.91 Å². The van der Waals surface area contributed by atoms with Gasteiger partial charge in [-0.15, -0.1) is 11.3 Å². The summed E-state index contributed by atoms with van der Waals surface area (Å²) >= 11 is 1.62. The highest BCUT2D eigenvalue weighted by Crippen LogP contribution is 2.36. The number of rotatable bonds is 8. The number of carbonyl (C=O) groups is 1. The highest BCUT2D eigenvalue weighted by Gasteiger charge is 2.12. The average Bonchev–Trinajstić information content (AvgIpc) is 3.19. The second kappa shape index (κ2) is 9.37. The number of fused-ring (bicyclic) bond motifs is 1. The molecule has 2 aromatic carbocycles. The van der Waals surface area contributed by atoms with Crippen molar-refractivity contribution in [2.24, 2.45) is 0 Å². The Morgan fingerprint density at radius 1 is 1.10 bits per heavy atom. The minimum absolute atomic E-state index is 0.101. The highest BCUT2D eigenvalue weighted by atomic mass is 32.1. The Bertz CT molecular complexity index is 1140. The summed E-state index contributed by atoms with van der Waals surface area (Å²) < 4.78 is 5.81. The molecule has 0 atom stereocenters. The van der Waals surface area contributed by atoms with E-state index in [1.807, 2.05) is 42.5 Å². The van der Waals surface area contributed by atoms with Gasteiger partial charge in [-0.3, -0.25) is 4.79 Å². The fraction of sp³-hybridized carbons (Fsp3) is 0.174. The van der Waals surface area contributed by atoms with Crippen molar-refractivity contribution in [3.05, 3.63) is 66.3 Å². The van der Waals surface area contributed by atoms with Gasteiger partial charge < -0.3 is 15.4 Å². The summed E-state index contributed by atoms with van der Waals surface area (Å²) in [6.45, 7) is 2.77. The average molecular weight is 419 g/mol. The number of hydrogen-bond acceptors (Lipinski definition) is 6. The van der Waals surface area contributed by atoms with E-state index < -0.39 is 0 Å². The number of anilines is 2. The largest absolute Gasteiger partial charge is 0.493 e. The molecule has 0 radical (unpaired) electrons. The number of nitrogens with zero attached hydrogens (tertiary/aromatic N) is 2. The lowest BCUT2D eigenvalue weighted by atomic mass is 10.1. The molecule has 4 rings (SSSR count). The van der Waals surface area contributed by atoms with Gasteiger partial charge >= 0.3 is 0 Å². The van der Waals surface area contributed by atoms with Crippen LogP contribution in [0.25, 0.3) is 21.3 Å². The van der Waals surface area contributed by atoms with E-state index in [0.717, 1.165) is 51.6 Å². The zero-order valence-electron chi connectivity index (χ0n) is 16.6. The highest BCUT2D eigenvalue weighted by molar-refractivity contribution is 7.17. The summed E-state index contributed by atoms with van der Waals surface area (Å²) in [6.07, 6.45) is 2.40. The summed E-state index contributed by atoms with van der Waals surface area (Å²) in [7, 11) is 0. The van der Waals surface area contributed by atoms with Gasteiger partial charge in [-0.1, -0.05) is 36.4 Å². The third-order valence-electron chi connectivity index (χ3n) is 4.49. The molecule has 152 valence electrons. The van der Waals surface area contributed by atoms with Gasteiger partial charge in [0.15, 0.2) is 0 Å². The molecule has 2 aromatic heterocycles. The zero-order chi connectivity index (χ0) is 20.8. The summed E-state index contributed by atoms with van der Waals surface area (Å²) in [4.78, 5) is 21.0. The van der Waals surface area contributed by atoms with Crippen LogP contribution in [-0.2, 0) is 4.79 Å². The first kappa shape index (κ1) is 19.8. The van der Waals surface area contributed by atoms with E-state index in [9.17, 15) is 4.79 Å². The van der Waals surface area contributed by atoms with Crippen LogP contribution >= 0.6 is 11.3 Å². The fourth-order valence-electron chi connectivity index (χ4n) is 3.18. The SMILES string of the molecule is CC(=O)Nc1cccc(OCCCNc2ncnc3scc(-c4ccccc4)c23)c1. The van der Waals surface area contributed by atoms with Crippen LogP contribution in [0.5, 0.6) is 5.75 Å². The molecule has 2 heterocycles. The number of hydrogen-bond donors (Lipinski definition) is 2. The summed E-state index contributed by atoms with van der Waals surface area (Å²) in [6, 6.07) is 17.7. The van der Waals surface area contributed by atoms with Gasteiger partial charge in [-0.2, -0.15) is 0 Å². The van der Waals surface area contributed by atoms with Crippen LogP contribution in [0.15, 0.2) is 66.3 Å². The number of thiophene rings is 1. The zero-order valence-corrected chi connectivity index (χ0v) is 17.4. The van der Waals surface area contributed by atoms with Gasteiger partial charge in [0.1, 0.15) is 22.7 Å². The van der Waals surface area contributed by atoms with Crippen LogP contribution in [0.1, 0.15) is 13.3 Å². The first-order chi connectivity index (χ1) is 14.7. The quantitative estimate of drug-likeness (QED) is 0.385. The lowest BCUT2D eigenvalue weighted by molar-refractivity contribution is -0.114.